The summed E-state index contributed by atoms with van der Waals surface area (Å²) in [6.07, 6.45) is -10.5. The normalized spacial score (nSPS) is 18.5. The van der Waals surface area contributed by atoms with E-state index in [9.17, 15) is 41.0 Å². The van der Waals surface area contributed by atoms with Crippen molar-refractivity contribution in [2.75, 3.05) is 19.9 Å². The van der Waals surface area contributed by atoms with Crippen LogP contribution in [0, 0.1) is 5.92 Å². The van der Waals surface area contributed by atoms with Crippen molar-refractivity contribution in [3.8, 4) is 17.2 Å². The molecule has 1 saturated heterocycles. The second-order valence-corrected chi connectivity index (χ2v) is 11.9. The zero-order valence-corrected chi connectivity index (χ0v) is 26.0. The smallest absolute Gasteiger partial charge is 0.430 e. The highest BCUT2D eigenvalue weighted by atomic mass is 19.4. The summed E-state index contributed by atoms with van der Waals surface area (Å²) in [5.74, 6) is 0.598. The van der Waals surface area contributed by atoms with E-state index in [-0.39, 0.29) is 62.0 Å². The van der Waals surface area contributed by atoms with Crippen LogP contribution in [0.1, 0.15) is 75.6 Å². The van der Waals surface area contributed by atoms with Gasteiger partial charge in [-0.3, -0.25) is 9.69 Å². The van der Waals surface area contributed by atoms with Gasteiger partial charge in [0.2, 0.25) is 6.79 Å². The number of unbranched alkanes of at least 4 members (excludes halogenated alkanes) is 1. The molecule has 2 heterocycles. The molecular weight excluding hydrogens is 622 g/mol. The molecule has 254 valence electrons. The van der Waals surface area contributed by atoms with Crippen molar-refractivity contribution < 1.29 is 55.2 Å². The molecule has 14 heteroatoms. The number of urea groups is 1. The number of aliphatic hydroxyl groups is 1. The van der Waals surface area contributed by atoms with Crippen molar-refractivity contribution in [3.63, 3.8) is 0 Å². The molecule has 2 N–H and O–H groups in total. The number of imide groups is 1. The fourth-order valence-corrected chi connectivity index (χ4v) is 5.86. The predicted octanol–water partition coefficient (Wildman–Crippen LogP) is 6.89. The summed E-state index contributed by atoms with van der Waals surface area (Å²) in [5.41, 5.74) is -6.85. The van der Waals surface area contributed by atoms with Gasteiger partial charge in [0.15, 0.2) is 11.5 Å². The standard InChI is InChI=1S/C32H38F6N2O6/c1-5-9-20-15-23(30(43,31(33,34)35)32(36,37)38)16-21(14-19(3)4)26(20)44-13-8-7-12-40-27(41)29(6-2,39-28(40)42)22-10-11-24-25(17-22)46-18-45-24/h10-11,15-17,19,43H,5-9,12-14,18H2,1-4H3,(H,39,42). The van der Waals surface area contributed by atoms with Crippen molar-refractivity contribution in [3.05, 3.63) is 52.6 Å². The average Bonchev–Trinajstić information content (AvgIpc) is 3.53. The number of rotatable bonds is 13. The Kier molecular flexibility index (Phi) is 10.1. The molecule has 2 aromatic rings. The zero-order chi connectivity index (χ0) is 34.1. The van der Waals surface area contributed by atoms with E-state index in [2.05, 4.69) is 5.32 Å². The minimum atomic E-state index is -6.01. The first-order chi connectivity index (χ1) is 21.5. The number of nitrogens with zero attached hydrogens (tertiary/aromatic N) is 1. The van der Waals surface area contributed by atoms with Crippen molar-refractivity contribution in [2.45, 2.75) is 89.7 Å². The number of hydrogen-bond acceptors (Lipinski definition) is 6. The largest absolute Gasteiger partial charge is 0.493 e. The van der Waals surface area contributed by atoms with Crippen molar-refractivity contribution in [1.29, 1.82) is 0 Å². The Hall–Kier alpha value is -3.68. The van der Waals surface area contributed by atoms with Crippen LogP contribution in [0.2, 0.25) is 0 Å². The number of ether oxygens (including phenoxy) is 3. The van der Waals surface area contributed by atoms with Crippen LogP contribution in [0.25, 0.3) is 0 Å². The summed E-state index contributed by atoms with van der Waals surface area (Å²) in [7, 11) is 0. The minimum absolute atomic E-state index is 0.0225. The van der Waals surface area contributed by atoms with Crippen molar-refractivity contribution in [1.82, 2.24) is 10.2 Å². The molecule has 3 amide bonds. The van der Waals surface area contributed by atoms with Crippen molar-refractivity contribution in [2.24, 2.45) is 5.92 Å². The molecular formula is C32H38F6N2O6. The molecule has 0 spiro atoms. The van der Waals surface area contributed by atoms with Gasteiger partial charge in [0.25, 0.3) is 11.5 Å². The van der Waals surface area contributed by atoms with Crippen LogP contribution in [0.15, 0.2) is 30.3 Å². The van der Waals surface area contributed by atoms with Crippen LogP contribution >= 0.6 is 0 Å². The number of carbonyl (C=O) groups is 2. The van der Waals surface area contributed by atoms with Gasteiger partial charge in [-0.2, -0.15) is 26.3 Å². The zero-order valence-electron chi connectivity index (χ0n) is 26.0. The Morgan fingerprint density at radius 3 is 2.24 bits per heavy atom. The van der Waals surface area contributed by atoms with Gasteiger partial charge < -0.3 is 24.6 Å². The van der Waals surface area contributed by atoms with Crippen LogP contribution in [-0.2, 0) is 28.8 Å². The lowest BCUT2D eigenvalue weighted by molar-refractivity contribution is -0.376. The molecule has 2 aliphatic heterocycles. The molecule has 46 heavy (non-hydrogen) atoms. The Labute approximate surface area is 263 Å². The van der Waals surface area contributed by atoms with E-state index >= 15 is 0 Å². The lowest BCUT2D eigenvalue weighted by Crippen LogP contribution is -2.54. The maximum absolute atomic E-state index is 13.7. The summed E-state index contributed by atoms with van der Waals surface area (Å²) in [6, 6.07) is 5.92. The topological polar surface area (TPSA) is 97.3 Å². The second kappa shape index (κ2) is 13.2. The van der Waals surface area contributed by atoms with Crippen LogP contribution in [0.4, 0.5) is 31.1 Å². The quantitative estimate of drug-likeness (QED) is 0.138. The summed E-state index contributed by atoms with van der Waals surface area (Å²) < 4.78 is 99.1. The number of benzene rings is 2. The lowest BCUT2D eigenvalue weighted by Gasteiger charge is -2.34. The van der Waals surface area contributed by atoms with E-state index in [1.54, 1.807) is 45.9 Å². The average molecular weight is 661 g/mol. The SMILES string of the molecule is CCCc1cc(C(O)(C(F)(F)F)C(F)(F)F)cc(CC(C)C)c1OCCCCN1C(=O)NC(CC)(c2ccc3c(c2)OCO3)C1=O. The Morgan fingerprint density at radius 1 is 0.978 bits per heavy atom. The van der Waals surface area contributed by atoms with Gasteiger partial charge in [-0.25, -0.2) is 4.79 Å². The fourth-order valence-electron chi connectivity index (χ4n) is 5.86. The number of hydrogen-bond donors (Lipinski definition) is 2. The maximum Gasteiger partial charge on any atom is 0.430 e. The van der Waals surface area contributed by atoms with E-state index in [1.165, 1.54) is 0 Å². The van der Waals surface area contributed by atoms with Crippen LogP contribution < -0.4 is 19.5 Å². The number of nitrogens with one attached hydrogen (secondary N) is 1. The Morgan fingerprint density at radius 2 is 1.63 bits per heavy atom. The van der Waals surface area contributed by atoms with Gasteiger partial charge in [0.05, 0.1) is 6.61 Å². The van der Waals surface area contributed by atoms with Gasteiger partial charge in [-0.05, 0) is 79.0 Å². The van der Waals surface area contributed by atoms with Gasteiger partial charge >= 0.3 is 18.4 Å². The first kappa shape index (κ1) is 35.2. The van der Waals surface area contributed by atoms with Crippen LogP contribution in [0.3, 0.4) is 0 Å². The molecule has 0 saturated carbocycles. The van der Waals surface area contributed by atoms with E-state index in [1.807, 2.05) is 0 Å². The lowest BCUT2D eigenvalue weighted by atomic mass is 9.86. The summed E-state index contributed by atoms with van der Waals surface area (Å²) in [4.78, 5) is 27.5. The third kappa shape index (κ3) is 6.45. The number of fused-ring (bicyclic) bond motifs is 1. The summed E-state index contributed by atoms with van der Waals surface area (Å²) in [6.45, 7) is 7.15. The molecule has 0 bridgehead atoms. The number of carbonyl (C=O) groups excluding carboxylic acids is 2. The molecule has 0 radical (unpaired) electrons. The van der Waals surface area contributed by atoms with Crippen LogP contribution in [-0.4, -0.2) is 54.2 Å². The molecule has 1 atom stereocenters. The third-order valence-electron chi connectivity index (χ3n) is 8.22. The summed E-state index contributed by atoms with van der Waals surface area (Å²) in [5, 5.41) is 12.9. The number of aryl methyl sites for hydroxylation is 1. The highest BCUT2D eigenvalue weighted by Gasteiger charge is 2.71. The molecule has 8 nitrogen and oxygen atoms in total. The fraction of sp³-hybridized carbons (Fsp3) is 0.562. The number of alkyl halides is 6. The first-order valence-corrected chi connectivity index (χ1v) is 15.2. The molecule has 4 rings (SSSR count). The van der Waals surface area contributed by atoms with E-state index in [0.29, 0.717) is 36.3 Å². The highest BCUT2D eigenvalue weighted by Crippen LogP contribution is 2.51. The number of amides is 3. The van der Waals surface area contributed by atoms with Gasteiger partial charge in [-0.15, -0.1) is 0 Å². The molecule has 0 aromatic heterocycles. The van der Waals surface area contributed by atoms with Crippen LogP contribution in [0.5, 0.6) is 17.2 Å². The molecule has 2 aliphatic rings. The minimum Gasteiger partial charge on any atom is -0.493 e. The molecule has 2 aromatic carbocycles. The first-order valence-electron chi connectivity index (χ1n) is 15.2. The summed E-state index contributed by atoms with van der Waals surface area (Å²) >= 11 is 0. The third-order valence-corrected chi connectivity index (χ3v) is 8.22. The Bertz CT molecular complexity index is 1430. The molecule has 1 unspecified atom stereocenters. The second-order valence-electron chi connectivity index (χ2n) is 11.9. The van der Waals surface area contributed by atoms with Gasteiger partial charge in [0, 0.05) is 12.1 Å². The number of halogens is 6. The maximum atomic E-state index is 13.7. The Balaban J connectivity index is 1.50. The predicted molar refractivity (Wildman–Crippen MR) is 154 cm³/mol. The molecule has 1 fully saturated rings. The monoisotopic (exact) mass is 660 g/mol. The van der Waals surface area contributed by atoms with Gasteiger partial charge in [-0.1, -0.05) is 40.2 Å². The van der Waals surface area contributed by atoms with E-state index in [0.717, 1.165) is 17.0 Å². The van der Waals surface area contributed by atoms with Crippen molar-refractivity contribution >= 4 is 11.9 Å². The molecule has 0 aliphatic carbocycles. The van der Waals surface area contributed by atoms with E-state index < -0.39 is 41.0 Å². The highest BCUT2D eigenvalue weighted by molar-refractivity contribution is 6.07. The van der Waals surface area contributed by atoms with E-state index in [4.69, 9.17) is 14.2 Å². The van der Waals surface area contributed by atoms with Gasteiger partial charge in [0.1, 0.15) is 11.3 Å².